The zero-order valence-corrected chi connectivity index (χ0v) is 11.2. The van der Waals surface area contributed by atoms with Crippen molar-refractivity contribution in [1.29, 1.82) is 0 Å². The molecule has 1 heterocycles. The van der Waals surface area contributed by atoms with Crippen LogP contribution < -0.4 is 9.47 Å². The summed E-state index contributed by atoms with van der Waals surface area (Å²) in [5.74, 6) is 1.66. The van der Waals surface area contributed by atoms with E-state index in [2.05, 4.69) is 0 Å². The summed E-state index contributed by atoms with van der Waals surface area (Å²) in [5, 5.41) is 11.0. The lowest BCUT2D eigenvalue weighted by molar-refractivity contribution is 0.234. The number of ether oxygens (including phenoxy) is 3. The molecule has 106 valence electrons. The van der Waals surface area contributed by atoms with Crippen LogP contribution in [0.4, 0.5) is 0 Å². The highest BCUT2D eigenvalue weighted by Gasteiger charge is 2.22. The molecule has 1 fully saturated rings. The lowest BCUT2D eigenvalue weighted by atomic mass is 10.1. The highest BCUT2D eigenvalue weighted by molar-refractivity contribution is 5.85. The molecule has 0 saturated carbocycles. The van der Waals surface area contributed by atoms with Gasteiger partial charge in [0.25, 0.3) is 0 Å². The molecule has 2 aromatic rings. The second-order valence-corrected chi connectivity index (χ2v) is 4.86. The molecule has 1 N–H and O–H groups in total. The molecule has 20 heavy (non-hydrogen) atoms. The van der Waals surface area contributed by atoms with E-state index in [1.807, 2.05) is 36.4 Å². The molecule has 1 aliphatic heterocycles. The Morgan fingerprint density at radius 3 is 2.40 bits per heavy atom. The van der Waals surface area contributed by atoms with Crippen molar-refractivity contribution in [2.24, 2.45) is 0 Å². The first-order chi connectivity index (χ1) is 9.85. The Kier molecular flexibility index (Phi) is 4.04. The second kappa shape index (κ2) is 6.11. The Balaban J connectivity index is 1.71. The molecule has 1 aliphatic rings. The predicted molar refractivity (Wildman–Crippen MR) is 76.4 cm³/mol. The maximum Gasteiger partial charge on any atom is 0.120 e. The predicted octanol–water partition coefficient (Wildman–Crippen LogP) is 2.38. The summed E-state index contributed by atoms with van der Waals surface area (Å²) in [7, 11) is 0. The number of epoxide rings is 1. The summed E-state index contributed by atoms with van der Waals surface area (Å²) in [4.78, 5) is 0. The van der Waals surface area contributed by atoms with Crippen molar-refractivity contribution in [2.75, 3.05) is 26.4 Å². The normalized spacial score (nSPS) is 17.1. The van der Waals surface area contributed by atoms with Crippen molar-refractivity contribution in [3.63, 3.8) is 0 Å². The molecule has 0 radical (unpaired) electrons. The molecular weight excluding hydrogens is 256 g/mol. The van der Waals surface area contributed by atoms with Crippen LogP contribution in [0.15, 0.2) is 36.4 Å². The Bertz CT molecular complexity index is 578. The Labute approximate surface area is 117 Å². The average molecular weight is 274 g/mol. The molecule has 0 spiro atoms. The van der Waals surface area contributed by atoms with Crippen molar-refractivity contribution in [1.82, 2.24) is 0 Å². The minimum atomic E-state index is 0.148. The van der Waals surface area contributed by atoms with Crippen molar-refractivity contribution >= 4 is 10.8 Å². The van der Waals surface area contributed by atoms with Crippen molar-refractivity contribution in [3.05, 3.63) is 36.4 Å². The van der Waals surface area contributed by atoms with Gasteiger partial charge in [0.1, 0.15) is 24.2 Å². The van der Waals surface area contributed by atoms with E-state index in [1.54, 1.807) is 0 Å². The molecule has 0 aromatic heterocycles. The zero-order chi connectivity index (χ0) is 13.8. The third kappa shape index (κ3) is 3.40. The number of aliphatic hydroxyl groups is 1. The van der Waals surface area contributed by atoms with Gasteiger partial charge in [0.15, 0.2) is 0 Å². The fourth-order valence-electron chi connectivity index (χ4n) is 1.99. The largest absolute Gasteiger partial charge is 0.493 e. The number of aliphatic hydroxyl groups excluding tert-OH is 1. The summed E-state index contributed by atoms with van der Waals surface area (Å²) >= 11 is 0. The van der Waals surface area contributed by atoms with E-state index in [9.17, 15) is 0 Å². The van der Waals surface area contributed by atoms with Gasteiger partial charge in [-0.15, -0.1) is 0 Å². The van der Waals surface area contributed by atoms with E-state index in [1.165, 1.54) is 0 Å². The van der Waals surface area contributed by atoms with E-state index in [-0.39, 0.29) is 12.7 Å². The smallest absolute Gasteiger partial charge is 0.120 e. The molecule has 1 saturated heterocycles. The van der Waals surface area contributed by atoms with Crippen LogP contribution in [0.2, 0.25) is 0 Å². The molecule has 3 rings (SSSR count). The van der Waals surface area contributed by atoms with Crippen LogP contribution in [-0.2, 0) is 4.74 Å². The summed E-state index contributed by atoms with van der Waals surface area (Å²) in [6.07, 6.45) is 0.904. The molecule has 1 unspecified atom stereocenters. The quantitative estimate of drug-likeness (QED) is 0.622. The zero-order valence-electron chi connectivity index (χ0n) is 11.2. The van der Waals surface area contributed by atoms with Crippen LogP contribution in [0.25, 0.3) is 10.8 Å². The second-order valence-electron chi connectivity index (χ2n) is 4.86. The van der Waals surface area contributed by atoms with Gasteiger partial charge in [-0.3, -0.25) is 0 Å². The molecule has 0 aliphatic carbocycles. The topological polar surface area (TPSA) is 51.2 Å². The first kappa shape index (κ1) is 13.2. The maximum absolute atomic E-state index is 8.75. The summed E-state index contributed by atoms with van der Waals surface area (Å²) < 4.78 is 16.4. The van der Waals surface area contributed by atoms with Gasteiger partial charge in [-0.2, -0.15) is 0 Å². The number of rotatable bonds is 7. The highest BCUT2D eigenvalue weighted by atomic mass is 16.6. The number of fused-ring (bicyclic) bond motifs is 1. The van der Waals surface area contributed by atoms with Gasteiger partial charge in [0.05, 0.1) is 13.2 Å². The molecule has 2 aromatic carbocycles. The number of hydrogen-bond donors (Lipinski definition) is 1. The third-order valence-electron chi connectivity index (χ3n) is 3.19. The average Bonchev–Trinajstić information content (AvgIpc) is 3.29. The van der Waals surface area contributed by atoms with E-state index in [0.717, 1.165) is 28.9 Å². The first-order valence-corrected chi connectivity index (χ1v) is 6.87. The monoisotopic (exact) mass is 274 g/mol. The fourth-order valence-corrected chi connectivity index (χ4v) is 1.99. The van der Waals surface area contributed by atoms with Crippen LogP contribution in [-0.4, -0.2) is 37.6 Å². The molecule has 4 heteroatoms. The minimum Gasteiger partial charge on any atom is -0.493 e. The summed E-state index contributed by atoms with van der Waals surface area (Å²) in [6, 6.07) is 12.0. The third-order valence-corrected chi connectivity index (χ3v) is 3.19. The van der Waals surface area contributed by atoms with Gasteiger partial charge < -0.3 is 19.3 Å². The van der Waals surface area contributed by atoms with Crippen molar-refractivity contribution in [3.8, 4) is 11.5 Å². The number of benzene rings is 2. The standard InChI is InChI=1S/C16H18O4/c17-6-1-7-18-14-4-2-12-3-5-15(9-13(12)8-14)19-10-16-11-20-16/h2-5,8-9,16-17H,1,6-7,10-11H2. The van der Waals surface area contributed by atoms with Gasteiger partial charge >= 0.3 is 0 Å². The van der Waals surface area contributed by atoms with E-state index >= 15 is 0 Å². The summed E-state index contributed by atoms with van der Waals surface area (Å²) in [6.45, 7) is 2.08. The Morgan fingerprint density at radius 2 is 1.75 bits per heavy atom. The molecule has 4 nitrogen and oxygen atoms in total. The summed E-state index contributed by atoms with van der Waals surface area (Å²) in [5.41, 5.74) is 0. The van der Waals surface area contributed by atoms with Gasteiger partial charge in [0, 0.05) is 13.0 Å². The van der Waals surface area contributed by atoms with Crippen LogP contribution in [0.1, 0.15) is 6.42 Å². The highest BCUT2D eigenvalue weighted by Crippen LogP contribution is 2.25. The van der Waals surface area contributed by atoms with Crippen LogP contribution in [0, 0.1) is 0 Å². The molecule has 0 bridgehead atoms. The van der Waals surface area contributed by atoms with Crippen molar-refractivity contribution < 1.29 is 19.3 Å². The number of hydrogen-bond acceptors (Lipinski definition) is 4. The lowest BCUT2D eigenvalue weighted by Gasteiger charge is -2.08. The van der Waals surface area contributed by atoms with Gasteiger partial charge in [-0.25, -0.2) is 0 Å². The SMILES string of the molecule is OCCCOc1ccc2ccc(OCC3CO3)cc2c1. The maximum atomic E-state index is 8.75. The molecule has 0 amide bonds. The van der Waals surface area contributed by atoms with E-state index in [4.69, 9.17) is 19.3 Å². The van der Waals surface area contributed by atoms with Crippen LogP contribution in [0.3, 0.4) is 0 Å². The van der Waals surface area contributed by atoms with Crippen LogP contribution >= 0.6 is 0 Å². The van der Waals surface area contributed by atoms with Gasteiger partial charge in [-0.1, -0.05) is 12.1 Å². The lowest BCUT2D eigenvalue weighted by Crippen LogP contribution is -2.03. The van der Waals surface area contributed by atoms with E-state index < -0.39 is 0 Å². The van der Waals surface area contributed by atoms with Gasteiger partial charge in [-0.05, 0) is 35.0 Å². The van der Waals surface area contributed by atoms with E-state index in [0.29, 0.717) is 19.6 Å². The minimum absolute atomic E-state index is 0.148. The van der Waals surface area contributed by atoms with Crippen LogP contribution in [0.5, 0.6) is 11.5 Å². The molecular formula is C16H18O4. The fraction of sp³-hybridized carbons (Fsp3) is 0.375. The molecule has 1 atom stereocenters. The first-order valence-electron chi connectivity index (χ1n) is 6.87. The van der Waals surface area contributed by atoms with Crippen molar-refractivity contribution in [2.45, 2.75) is 12.5 Å². The Hall–Kier alpha value is -1.78. The Morgan fingerprint density at radius 1 is 1.05 bits per heavy atom. The van der Waals surface area contributed by atoms with Gasteiger partial charge in [0.2, 0.25) is 0 Å².